The van der Waals surface area contributed by atoms with Gasteiger partial charge in [0.15, 0.2) is 6.54 Å². The van der Waals surface area contributed by atoms with Gasteiger partial charge in [0.1, 0.15) is 6.54 Å². The Kier molecular flexibility index (Phi) is 3.31. The second kappa shape index (κ2) is 4.27. The van der Waals surface area contributed by atoms with Crippen LogP contribution in [-0.4, -0.2) is 41.5 Å². The summed E-state index contributed by atoms with van der Waals surface area (Å²) in [4.78, 5) is 0. The molecule has 0 fully saturated rings. The van der Waals surface area contributed by atoms with Crippen molar-refractivity contribution < 1.29 is 9.95 Å². The number of nitrogens with one attached hydrogen (secondary N) is 1. The quantitative estimate of drug-likeness (QED) is 0.306. The summed E-state index contributed by atoms with van der Waals surface area (Å²) in [6.45, 7) is 2.03. The zero-order valence-electron chi connectivity index (χ0n) is 7.16. The summed E-state index contributed by atoms with van der Waals surface area (Å²) in [5.41, 5.74) is 11.1. The van der Waals surface area contributed by atoms with E-state index in [0.29, 0.717) is 19.5 Å². The molecule has 0 aromatic carbocycles. The number of nitrogens with zero attached hydrogens (tertiary/aromatic N) is 1. The Labute approximate surface area is 72.0 Å². The van der Waals surface area contributed by atoms with Crippen LogP contribution in [-0.2, 0) is 0 Å². The van der Waals surface area contributed by atoms with E-state index >= 15 is 0 Å². The van der Waals surface area contributed by atoms with Crippen LogP contribution in [0.3, 0.4) is 0 Å². The van der Waals surface area contributed by atoms with E-state index in [-0.39, 0.29) is 6.04 Å². The fourth-order valence-corrected chi connectivity index (χ4v) is 1.27. The monoisotopic (exact) mass is 173 g/mol. The summed E-state index contributed by atoms with van der Waals surface area (Å²) < 4.78 is 1.22. The molecule has 0 saturated carbocycles. The molecule has 1 atom stereocenters. The molecule has 0 bridgehead atoms. The number of hydrogen-bond acceptors (Lipinski definition) is 4. The number of nitrogens with two attached hydrogens (primary N) is 2. The summed E-state index contributed by atoms with van der Waals surface area (Å²) in [6, 6.07) is 0.0465. The summed E-state index contributed by atoms with van der Waals surface area (Å²) in [5, 5.41) is 12.3. The second-order valence-electron chi connectivity index (χ2n) is 3.04. The molecular weight excluding hydrogens is 156 g/mol. The molecule has 1 heterocycles. The maximum Gasteiger partial charge on any atom is 0.285 e. The van der Waals surface area contributed by atoms with E-state index in [1.54, 1.807) is 0 Å². The van der Waals surface area contributed by atoms with Gasteiger partial charge in [-0.15, -0.1) is 0 Å². The van der Waals surface area contributed by atoms with Gasteiger partial charge in [-0.05, 0) is 13.0 Å². The first kappa shape index (κ1) is 9.28. The summed E-state index contributed by atoms with van der Waals surface area (Å²) in [7, 11) is 0. The minimum Gasteiger partial charge on any atom is -0.355 e. The molecule has 1 rings (SSSR count). The normalized spacial score (nSPS) is 19.5. The molecule has 0 radical (unpaired) electrons. The fourth-order valence-electron chi connectivity index (χ4n) is 1.27. The molecule has 0 amide bonds. The topological polar surface area (TPSA) is 87.3 Å². The van der Waals surface area contributed by atoms with Gasteiger partial charge >= 0.3 is 0 Å². The van der Waals surface area contributed by atoms with Crippen molar-refractivity contribution in [3.05, 3.63) is 0 Å². The average molecular weight is 173 g/mol. The molecule has 70 valence electrons. The van der Waals surface area contributed by atoms with Gasteiger partial charge in [0.25, 0.3) is 5.84 Å². The molecule has 0 spiro atoms. The molecule has 5 nitrogen and oxygen atoms in total. The van der Waals surface area contributed by atoms with Crippen molar-refractivity contribution in [1.82, 2.24) is 5.32 Å². The minimum atomic E-state index is 0.0465. The van der Waals surface area contributed by atoms with Gasteiger partial charge in [-0.2, -0.15) is 0 Å². The first-order chi connectivity index (χ1) is 5.74. The Balaban J connectivity index is 2.34. The van der Waals surface area contributed by atoms with Crippen molar-refractivity contribution in [3.63, 3.8) is 0 Å². The third kappa shape index (κ3) is 2.35. The highest BCUT2D eigenvalue weighted by atomic mass is 16.5. The van der Waals surface area contributed by atoms with Crippen molar-refractivity contribution in [2.24, 2.45) is 11.5 Å². The van der Waals surface area contributed by atoms with E-state index in [1.807, 2.05) is 0 Å². The Morgan fingerprint density at radius 3 is 2.92 bits per heavy atom. The summed E-state index contributed by atoms with van der Waals surface area (Å²) in [6.07, 6.45) is 1.46. The highest BCUT2D eigenvalue weighted by Gasteiger charge is 2.22. The van der Waals surface area contributed by atoms with Gasteiger partial charge in [-0.3, -0.25) is 5.32 Å². The predicted molar refractivity (Wildman–Crippen MR) is 46.2 cm³/mol. The second-order valence-corrected chi connectivity index (χ2v) is 3.04. The minimum absolute atomic E-state index is 0.0465. The van der Waals surface area contributed by atoms with Crippen molar-refractivity contribution in [3.8, 4) is 0 Å². The summed E-state index contributed by atoms with van der Waals surface area (Å²) in [5.74, 6) is 0.816. The molecule has 0 saturated heterocycles. The Bertz CT molecular complexity index is 180. The molecule has 6 N–H and O–H groups in total. The maximum absolute atomic E-state index is 9.25. The smallest absolute Gasteiger partial charge is 0.285 e. The van der Waals surface area contributed by atoms with Crippen molar-refractivity contribution in [1.29, 1.82) is 0 Å². The molecule has 1 aliphatic rings. The molecule has 0 aromatic heterocycles. The van der Waals surface area contributed by atoms with E-state index in [0.717, 1.165) is 18.8 Å². The Morgan fingerprint density at radius 2 is 2.42 bits per heavy atom. The molecule has 1 aliphatic heterocycles. The van der Waals surface area contributed by atoms with E-state index in [4.69, 9.17) is 11.5 Å². The Morgan fingerprint density at radius 1 is 1.67 bits per heavy atom. The molecular formula is C7H17N4O+. The third-order valence-corrected chi connectivity index (χ3v) is 1.96. The van der Waals surface area contributed by atoms with Crippen LogP contribution in [0.25, 0.3) is 0 Å². The van der Waals surface area contributed by atoms with Crippen LogP contribution in [0.15, 0.2) is 0 Å². The number of hydrogen-bond donors (Lipinski definition) is 4. The average Bonchev–Trinajstić information content (AvgIpc) is 2.37. The zero-order valence-corrected chi connectivity index (χ0v) is 7.16. The SMILES string of the molecule is NCCC(N)CC1=[N+](O)CCN1. The lowest BCUT2D eigenvalue weighted by atomic mass is 10.1. The molecule has 0 aromatic rings. The zero-order chi connectivity index (χ0) is 8.97. The first-order valence-electron chi connectivity index (χ1n) is 4.26. The van der Waals surface area contributed by atoms with Crippen molar-refractivity contribution in [2.75, 3.05) is 19.6 Å². The standard InChI is InChI=1S/C7H16N4O/c8-2-1-6(9)5-7-10-3-4-11(7)12/h6,12H,1-5,8-9H2/p+1. The largest absolute Gasteiger partial charge is 0.355 e. The van der Waals surface area contributed by atoms with Gasteiger partial charge in [0.05, 0.1) is 6.42 Å². The van der Waals surface area contributed by atoms with Crippen LogP contribution in [0.2, 0.25) is 0 Å². The fraction of sp³-hybridized carbons (Fsp3) is 0.857. The van der Waals surface area contributed by atoms with Crippen LogP contribution in [0.1, 0.15) is 12.8 Å². The lowest BCUT2D eigenvalue weighted by Gasteiger charge is -2.06. The van der Waals surface area contributed by atoms with Crippen LogP contribution >= 0.6 is 0 Å². The van der Waals surface area contributed by atoms with Gasteiger partial charge in [0.2, 0.25) is 0 Å². The lowest BCUT2D eigenvalue weighted by molar-refractivity contribution is -0.769. The van der Waals surface area contributed by atoms with E-state index in [1.165, 1.54) is 4.74 Å². The highest BCUT2D eigenvalue weighted by Crippen LogP contribution is 1.96. The van der Waals surface area contributed by atoms with Gasteiger partial charge < -0.3 is 16.7 Å². The highest BCUT2D eigenvalue weighted by molar-refractivity contribution is 5.78. The number of amidine groups is 1. The van der Waals surface area contributed by atoms with Crippen LogP contribution < -0.4 is 16.8 Å². The molecule has 12 heavy (non-hydrogen) atoms. The molecule has 5 heteroatoms. The Hall–Kier alpha value is -0.810. The third-order valence-electron chi connectivity index (χ3n) is 1.96. The van der Waals surface area contributed by atoms with Gasteiger partial charge in [-0.1, -0.05) is 4.74 Å². The van der Waals surface area contributed by atoms with E-state index < -0.39 is 0 Å². The van der Waals surface area contributed by atoms with Gasteiger partial charge in [-0.25, -0.2) is 0 Å². The van der Waals surface area contributed by atoms with Crippen LogP contribution in [0.4, 0.5) is 0 Å². The predicted octanol–water partition coefficient (Wildman–Crippen LogP) is -1.54. The molecule has 1 unspecified atom stereocenters. The number of rotatable bonds is 4. The lowest BCUT2D eigenvalue weighted by Crippen LogP contribution is -2.33. The van der Waals surface area contributed by atoms with Gasteiger partial charge in [0, 0.05) is 6.04 Å². The first-order valence-corrected chi connectivity index (χ1v) is 4.26. The summed E-state index contributed by atoms with van der Waals surface area (Å²) >= 11 is 0. The maximum atomic E-state index is 9.25. The number of hydroxylamine groups is 1. The molecule has 0 aliphatic carbocycles. The van der Waals surface area contributed by atoms with Crippen molar-refractivity contribution >= 4 is 5.84 Å². The van der Waals surface area contributed by atoms with E-state index in [2.05, 4.69) is 5.32 Å². The van der Waals surface area contributed by atoms with Crippen LogP contribution in [0.5, 0.6) is 0 Å². The van der Waals surface area contributed by atoms with Crippen LogP contribution in [0, 0.1) is 0 Å². The van der Waals surface area contributed by atoms with Crippen molar-refractivity contribution in [2.45, 2.75) is 18.9 Å². The van der Waals surface area contributed by atoms with E-state index in [9.17, 15) is 5.21 Å².